The maximum absolute atomic E-state index is 10.8. The van der Waals surface area contributed by atoms with Crippen LogP contribution in [0.4, 0.5) is 11.5 Å². The molecule has 1 unspecified atom stereocenters. The summed E-state index contributed by atoms with van der Waals surface area (Å²) in [6.45, 7) is 4.29. The van der Waals surface area contributed by atoms with E-state index in [-0.39, 0.29) is 5.69 Å². The van der Waals surface area contributed by atoms with Gasteiger partial charge in [0.2, 0.25) is 0 Å². The Morgan fingerprint density at radius 1 is 1.59 bits per heavy atom. The van der Waals surface area contributed by atoms with E-state index < -0.39 is 4.92 Å². The zero-order valence-electron chi connectivity index (χ0n) is 10.3. The van der Waals surface area contributed by atoms with Crippen molar-refractivity contribution in [2.75, 3.05) is 18.1 Å². The second-order valence-electron chi connectivity index (χ2n) is 3.88. The van der Waals surface area contributed by atoms with Gasteiger partial charge in [0.1, 0.15) is 10.8 Å². The highest BCUT2D eigenvalue weighted by molar-refractivity contribution is 7.99. The van der Waals surface area contributed by atoms with E-state index in [9.17, 15) is 10.1 Å². The maximum atomic E-state index is 10.8. The number of hydrogen-bond acceptors (Lipinski definition) is 5. The van der Waals surface area contributed by atoms with Crippen molar-refractivity contribution < 1.29 is 4.92 Å². The van der Waals surface area contributed by atoms with Crippen LogP contribution in [-0.4, -0.2) is 22.7 Å². The van der Waals surface area contributed by atoms with Crippen molar-refractivity contribution in [1.29, 1.82) is 0 Å². The largest absolute Gasteiger partial charge is 0.373 e. The molecule has 0 fully saturated rings. The Labute approximate surface area is 105 Å². The zero-order valence-corrected chi connectivity index (χ0v) is 11.1. The highest BCUT2D eigenvalue weighted by Crippen LogP contribution is 2.26. The molecule has 0 aliphatic heterocycles. The predicted octanol–water partition coefficient (Wildman–Crippen LogP) is 3.17. The fourth-order valence-corrected chi connectivity index (χ4v) is 2.20. The van der Waals surface area contributed by atoms with Crippen LogP contribution in [0.2, 0.25) is 0 Å². The smallest absolute Gasteiger partial charge is 0.275 e. The summed E-state index contributed by atoms with van der Waals surface area (Å²) in [4.78, 5) is 14.7. The van der Waals surface area contributed by atoms with Crippen LogP contribution in [0.5, 0.6) is 0 Å². The molecule has 6 heteroatoms. The van der Waals surface area contributed by atoms with Crippen LogP contribution in [0, 0.1) is 16.0 Å². The van der Waals surface area contributed by atoms with Gasteiger partial charge in [-0.2, -0.15) is 0 Å². The summed E-state index contributed by atoms with van der Waals surface area (Å²) in [6, 6.07) is 2.96. The third-order valence-corrected chi connectivity index (χ3v) is 3.71. The molecule has 0 aromatic carbocycles. The summed E-state index contributed by atoms with van der Waals surface area (Å²) in [6.07, 6.45) is 1.10. The van der Waals surface area contributed by atoms with Gasteiger partial charge in [-0.25, -0.2) is 4.98 Å². The third kappa shape index (κ3) is 4.22. The van der Waals surface area contributed by atoms with Crippen LogP contribution in [0.1, 0.15) is 20.3 Å². The van der Waals surface area contributed by atoms with Gasteiger partial charge >= 0.3 is 0 Å². The molecular formula is C11H17N3O2S. The molecule has 5 nitrogen and oxygen atoms in total. The summed E-state index contributed by atoms with van der Waals surface area (Å²) < 4.78 is 0. The van der Waals surface area contributed by atoms with Crippen LogP contribution < -0.4 is 5.32 Å². The van der Waals surface area contributed by atoms with Crippen molar-refractivity contribution in [3.05, 3.63) is 22.2 Å². The Hall–Kier alpha value is -1.30. The van der Waals surface area contributed by atoms with Gasteiger partial charge in [0.25, 0.3) is 5.69 Å². The first-order chi connectivity index (χ1) is 8.06. The van der Waals surface area contributed by atoms with Gasteiger partial charge in [-0.15, -0.1) is 11.8 Å². The summed E-state index contributed by atoms with van der Waals surface area (Å²) in [5.74, 6) is 2.04. The van der Waals surface area contributed by atoms with Crippen LogP contribution in [0.3, 0.4) is 0 Å². The van der Waals surface area contributed by atoms with E-state index in [2.05, 4.69) is 24.1 Å². The van der Waals surface area contributed by atoms with E-state index in [0.29, 0.717) is 16.8 Å². The molecule has 0 saturated carbocycles. The molecule has 0 bridgehead atoms. The molecule has 1 atom stereocenters. The average molecular weight is 255 g/mol. The molecule has 17 heavy (non-hydrogen) atoms. The fourth-order valence-electron chi connectivity index (χ4n) is 1.14. The number of nitrogens with one attached hydrogen (secondary N) is 1. The van der Waals surface area contributed by atoms with Crippen molar-refractivity contribution >= 4 is 23.3 Å². The number of nitrogens with zero attached hydrogens (tertiary/aromatic N) is 2. The summed E-state index contributed by atoms with van der Waals surface area (Å²) in [5.41, 5.74) is 0.0796. The first kappa shape index (κ1) is 13.8. The molecule has 1 rings (SSSR count). The van der Waals surface area contributed by atoms with Crippen LogP contribution in [0.25, 0.3) is 0 Å². The normalized spacial score (nSPS) is 12.2. The van der Waals surface area contributed by atoms with Gasteiger partial charge in [0, 0.05) is 18.9 Å². The molecule has 0 saturated heterocycles. The summed E-state index contributed by atoms with van der Waals surface area (Å²) >= 11 is 1.56. The Kier molecular flexibility index (Phi) is 5.21. The molecule has 0 spiro atoms. The molecule has 94 valence electrons. The minimum Gasteiger partial charge on any atom is -0.373 e. The van der Waals surface area contributed by atoms with E-state index in [0.717, 1.165) is 12.2 Å². The molecule has 1 aromatic rings. The number of aromatic nitrogens is 1. The quantitative estimate of drug-likeness (QED) is 0.480. The van der Waals surface area contributed by atoms with E-state index in [4.69, 9.17) is 0 Å². The molecule has 0 aliphatic rings. The minimum atomic E-state index is -0.393. The molecule has 0 radical (unpaired) electrons. The van der Waals surface area contributed by atoms with E-state index in [1.165, 1.54) is 12.1 Å². The van der Waals surface area contributed by atoms with Gasteiger partial charge in [-0.3, -0.25) is 10.1 Å². The van der Waals surface area contributed by atoms with Gasteiger partial charge in [0.05, 0.1) is 11.0 Å². The highest BCUT2D eigenvalue weighted by Gasteiger charge is 2.11. The molecule has 1 N–H and O–H groups in total. The SMILES string of the molecule is CCC(C)CSc1cc([N+](=O)[O-])cc(NC)n1. The summed E-state index contributed by atoms with van der Waals surface area (Å²) in [5, 5.41) is 14.3. The number of thioether (sulfide) groups is 1. The zero-order chi connectivity index (χ0) is 12.8. The Bertz CT molecular complexity index is 398. The molecule has 1 heterocycles. The van der Waals surface area contributed by atoms with E-state index in [1.54, 1.807) is 18.8 Å². The van der Waals surface area contributed by atoms with Crippen molar-refractivity contribution in [2.24, 2.45) is 5.92 Å². The van der Waals surface area contributed by atoms with Gasteiger partial charge < -0.3 is 5.32 Å². The van der Waals surface area contributed by atoms with Crippen molar-refractivity contribution in [1.82, 2.24) is 4.98 Å². The van der Waals surface area contributed by atoms with Gasteiger partial charge in [0.15, 0.2) is 0 Å². The fraction of sp³-hybridized carbons (Fsp3) is 0.545. The Morgan fingerprint density at radius 2 is 2.29 bits per heavy atom. The molecule has 0 aliphatic carbocycles. The predicted molar refractivity (Wildman–Crippen MR) is 70.6 cm³/mol. The number of anilines is 1. The Balaban J connectivity index is 2.83. The Morgan fingerprint density at radius 3 is 2.82 bits per heavy atom. The first-order valence-corrected chi connectivity index (χ1v) is 6.52. The molecule has 0 amide bonds. The molecular weight excluding hydrogens is 238 g/mol. The van der Waals surface area contributed by atoms with Gasteiger partial charge in [-0.05, 0) is 5.92 Å². The highest BCUT2D eigenvalue weighted by atomic mass is 32.2. The van der Waals surface area contributed by atoms with Crippen molar-refractivity contribution in [3.63, 3.8) is 0 Å². The monoisotopic (exact) mass is 255 g/mol. The number of hydrogen-bond donors (Lipinski definition) is 1. The minimum absolute atomic E-state index is 0.0796. The lowest BCUT2D eigenvalue weighted by Crippen LogP contribution is -1.99. The summed E-state index contributed by atoms with van der Waals surface area (Å²) in [7, 11) is 1.70. The van der Waals surface area contributed by atoms with E-state index in [1.807, 2.05) is 0 Å². The lowest BCUT2D eigenvalue weighted by atomic mass is 10.2. The van der Waals surface area contributed by atoms with Crippen molar-refractivity contribution in [2.45, 2.75) is 25.3 Å². The lowest BCUT2D eigenvalue weighted by Gasteiger charge is -2.08. The average Bonchev–Trinajstić information content (AvgIpc) is 2.35. The van der Waals surface area contributed by atoms with Crippen LogP contribution in [-0.2, 0) is 0 Å². The third-order valence-electron chi connectivity index (χ3n) is 2.47. The number of pyridine rings is 1. The number of rotatable bonds is 6. The van der Waals surface area contributed by atoms with Crippen LogP contribution in [0.15, 0.2) is 17.2 Å². The molecule has 1 aromatic heterocycles. The maximum Gasteiger partial charge on any atom is 0.275 e. The number of nitro groups is 1. The standard InChI is InChI=1S/C11H17N3O2S/c1-4-8(2)7-17-11-6-9(14(15)16)5-10(12-3)13-11/h5-6,8H,4,7H2,1-3H3,(H,12,13). The first-order valence-electron chi connectivity index (χ1n) is 5.53. The topological polar surface area (TPSA) is 68.1 Å². The van der Waals surface area contributed by atoms with E-state index >= 15 is 0 Å². The second kappa shape index (κ2) is 6.44. The second-order valence-corrected chi connectivity index (χ2v) is 4.92. The van der Waals surface area contributed by atoms with Gasteiger partial charge in [-0.1, -0.05) is 20.3 Å². The van der Waals surface area contributed by atoms with Crippen LogP contribution >= 0.6 is 11.8 Å². The lowest BCUT2D eigenvalue weighted by molar-refractivity contribution is -0.385. The van der Waals surface area contributed by atoms with Crippen molar-refractivity contribution in [3.8, 4) is 0 Å².